The molecule has 7 nitrogen and oxygen atoms in total. The first-order valence-electron chi connectivity index (χ1n) is 9.57. The van der Waals surface area contributed by atoms with E-state index in [9.17, 15) is 13.2 Å². The number of nitrogen functional groups attached to an aromatic ring is 1. The summed E-state index contributed by atoms with van der Waals surface area (Å²) >= 11 is 3.19. The maximum absolute atomic E-state index is 12.5. The number of likely N-dealkylation sites (tertiary alicyclic amines) is 1. The Morgan fingerprint density at radius 2 is 1.93 bits per heavy atom. The van der Waals surface area contributed by atoms with Crippen molar-refractivity contribution in [2.24, 2.45) is 5.92 Å². The smallest absolute Gasteiger partial charge is 0.244 e. The number of aromatic nitrogens is 1. The third-order valence-electron chi connectivity index (χ3n) is 5.10. The van der Waals surface area contributed by atoms with E-state index < -0.39 is 10.0 Å². The van der Waals surface area contributed by atoms with Gasteiger partial charge in [-0.2, -0.15) is 0 Å². The summed E-state index contributed by atoms with van der Waals surface area (Å²) in [6.07, 6.45) is 4.51. The second-order valence-corrected chi connectivity index (χ2v) is 9.85. The molecular formula is C20H25BrN4O3S. The van der Waals surface area contributed by atoms with E-state index in [4.69, 9.17) is 5.73 Å². The number of sulfonamides is 1. The van der Waals surface area contributed by atoms with Gasteiger partial charge in [0.05, 0.1) is 0 Å². The van der Waals surface area contributed by atoms with Gasteiger partial charge in [0.1, 0.15) is 10.7 Å². The first kappa shape index (κ1) is 21.7. The normalized spacial score (nSPS) is 15.4. The molecule has 2 heterocycles. The van der Waals surface area contributed by atoms with Crippen molar-refractivity contribution >= 4 is 37.7 Å². The summed E-state index contributed by atoms with van der Waals surface area (Å²) in [5.74, 6) is 0.464. The molecule has 1 aromatic carbocycles. The molecule has 0 aliphatic carbocycles. The van der Waals surface area contributed by atoms with Gasteiger partial charge >= 0.3 is 0 Å². The number of piperidine rings is 1. The summed E-state index contributed by atoms with van der Waals surface area (Å²) in [5, 5.41) is 0. The molecule has 1 aromatic heterocycles. The monoisotopic (exact) mass is 480 g/mol. The van der Waals surface area contributed by atoms with E-state index >= 15 is 0 Å². The lowest BCUT2D eigenvalue weighted by Gasteiger charge is -2.32. The van der Waals surface area contributed by atoms with E-state index in [0.717, 1.165) is 19.3 Å². The number of hydrogen-bond acceptors (Lipinski definition) is 5. The number of pyridine rings is 1. The van der Waals surface area contributed by atoms with Gasteiger partial charge in [0.25, 0.3) is 0 Å². The van der Waals surface area contributed by atoms with Crippen LogP contribution in [0.4, 0.5) is 5.82 Å². The summed E-state index contributed by atoms with van der Waals surface area (Å²) in [6.45, 7) is 1.45. The number of benzene rings is 1. The van der Waals surface area contributed by atoms with Crippen LogP contribution in [-0.4, -0.2) is 43.8 Å². The number of rotatable bonds is 7. The van der Waals surface area contributed by atoms with Crippen molar-refractivity contribution < 1.29 is 13.2 Å². The average Bonchev–Trinajstić information content (AvgIpc) is 2.71. The minimum atomic E-state index is -3.82. The van der Waals surface area contributed by atoms with Crippen LogP contribution in [0.3, 0.4) is 0 Å². The number of carbonyl (C=O) groups excluding carboxylic acids is 1. The maximum Gasteiger partial charge on any atom is 0.244 e. The summed E-state index contributed by atoms with van der Waals surface area (Å²) in [4.78, 5) is 18.0. The minimum absolute atomic E-state index is 0.0249. The highest BCUT2D eigenvalue weighted by atomic mass is 79.9. The predicted molar refractivity (Wildman–Crippen MR) is 116 cm³/mol. The Hall–Kier alpha value is -1.97. The van der Waals surface area contributed by atoms with Crippen molar-refractivity contribution in [1.82, 2.24) is 14.6 Å². The largest absolute Gasteiger partial charge is 0.383 e. The Bertz CT molecular complexity index is 945. The molecule has 0 saturated carbocycles. The van der Waals surface area contributed by atoms with Crippen LogP contribution in [0.5, 0.6) is 0 Å². The summed E-state index contributed by atoms with van der Waals surface area (Å²) in [7, 11) is -3.82. The molecule has 156 valence electrons. The molecule has 1 amide bonds. The lowest BCUT2D eigenvalue weighted by Crippen LogP contribution is -2.40. The summed E-state index contributed by atoms with van der Waals surface area (Å²) in [6, 6.07) is 11.8. The Labute approximate surface area is 179 Å². The van der Waals surface area contributed by atoms with E-state index in [0.29, 0.717) is 23.5 Å². The van der Waals surface area contributed by atoms with E-state index in [-0.39, 0.29) is 29.6 Å². The van der Waals surface area contributed by atoms with Crippen LogP contribution in [0, 0.1) is 5.92 Å². The Morgan fingerprint density at radius 1 is 1.24 bits per heavy atom. The predicted octanol–water partition coefficient (Wildman–Crippen LogP) is 2.58. The van der Waals surface area contributed by atoms with Crippen LogP contribution in [0.1, 0.15) is 24.8 Å². The number of halogens is 1. The van der Waals surface area contributed by atoms with Gasteiger partial charge in [-0.25, -0.2) is 18.1 Å². The maximum atomic E-state index is 12.5. The second kappa shape index (κ2) is 9.69. The molecule has 3 N–H and O–H groups in total. The number of carbonyl (C=O) groups is 1. The minimum Gasteiger partial charge on any atom is -0.383 e. The third kappa shape index (κ3) is 6.01. The van der Waals surface area contributed by atoms with Gasteiger partial charge in [0, 0.05) is 36.7 Å². The number of amides is 1. The van der Waals surface area contributed by atoms with Crippen molar-refractivity contribution in [3.8, 4) is 0 Å². The van der Waals surface area contributed by atoms with Gasteiger partial charge in [-0.1, -0.05) is 30.3 Å². The second-order valence-electron chi connectivity index (χ2n) is 7.20. The Balaban J connectivity index is 1.45. The zero-order valence-corrected chi connectivity index (χ0v) is 18.5. The van der Waals surface area contributed by atoms with Crippen LogP contribution in [0.25, 0.3) is 0 Å². The molecule has 1 saturated heterocycles. The van der Waals surface area contributed by atoms with Crippen LogP contribution >= 0.6 is 15.9 Å². The van der Waals surface area contributed by atoms with Crippen LogP contribution < -0.4 is 10.5 Å². The molecule has 0 spiro atoms. The van der Waals surface area contributed by atoms with Gasteiger partial charge in [-0.05, 0) is 52.7 Å². The molecule has 0 unspecified atom stereocenters. The lowest BCUT2D eigenvalue weighted by molar-refractivity contribution is -0.132. The first-order chi connectivity index (χ1) is 13.8. The lowest BCUT2D eigenvalue weighted by atomic mass is 9.90. The van der Waals surface area contributed by atoms with E-state index in [1.165, 1.54) is 17.8 Å². The van der Waals surface area contributed by atoms with Gasteiger partial charge in [-0.3, -0.25) is 4.79 Å². The van der Waals surface area contributed by atoms with Gasteiger partial charge in [0.15, 0.2) is 0 Å². The van der Waals surface area contributed by atoms with E-state index in [1.54, 1.807) is 0 Å². The zero-order valence-electron chi connectivity index (χ0n) is 16.1. The quantitative estimate of drug-likeness (QED) is 0.633. The van der Waals surface area contributed by atoms with E-state index in [2.05, 4.69) is 37.8 Å². The topological polar surface area (TPSA) is 105 Å². The number of nitrogens with two attached hydrogens (primary N) is 1. The molecule has 29 heavy (non-hydrogen) atoms. The standard InChI is InChI=1S/C20H25BrN4O3S/c21-17-13-18(20(22)23-14-17)29(27,28)24-9-6-19(26)25-10-7-16(8-11-25)12-15-4-2-1-3-5-15/h1-5,13-14,16,24H,6-12H2,(H2,22,23). The van der Waals surface area contributed by atoms with Crippen molar-refractivity contribution in [2.45, 2.75) is 30.6 Å². The Kier molecular flexibility index (Phi) is 7.26. The zero-order chi connectivity index (χ0) is 20.9. The molecule has 0 radical (unpaired) electrons. The Morgan fingerprint density at radius 3 is 2.62 bits per heavy atom. The van der Waals surface area contributed by atoms with Crippen LogP contribution in [0.2, 0.25) is 0 Å². The van der Waals surface area contributed by atoms with Crippen molar-refractivity contribution in [2.75, 3.05) is 25.4 Å². The number of nitrogens with one attached hydrogen (secondary N) is 1. The van der Waals surface area contributed by atoms with Crippen molar-refractivity contribution in [3.05, 3.63) is 52.6 Å². The molecule has 0 atom stereocenters. The highest BCUT2D eigenvalue weighted by Crippen LogP contribution is 2.22. The van der Waals surface area contributed by atoms with Gasteiger partial charge in [0.2, 0.25) is 15.9 Å². The summed E-state index contributed by atoms with van der Waals surface area (Å²) in [5.41, 5.74) is 6.99. The van der Waals surface area contributed by atoms with Crippen molar-refractivity contribution in [1.29, 1.82) is 0 Å². The average molecular weight is 481 g/mol. The number of anilines is 1. The van der Waals surface area contributed by atoms with Crippen LogP contribution in [-0.2, 0) is 21.2 Å². The van der Waals surface area contributed by atoms with E-state index in [1.807, 2.05) is 23.1 Å². The fourth-order valence-corrected chi connectivity index (χ4v) is 5.13. The van der Waals surface area contributed by atoms with Crippen molar-refractivity contribution in [3.63, 3.8) is 0 Å². The fourth-order valence-electron chi connectivity index (χ4n) is 3.51. The molecule has 2 aromatic rings. The van der Waals surface area contributed by atoms with Gasteiger partial charge in [-0.15, -0.1) is 0 Å². The molecule has 9 heteroatoms. The molecule has 1 aliphatic rings. The third-order valence-corrected chi connectivity index (χ3v) is 7.03. The fraction of sp³-hybridized carbons (Fsp3) is 0.400. The van der Waals surface area contributed by atoms with Crippen LogP contribution in [0.15, 0.2) is 52.0 Å². The molecule has 1 fully saturated rings. The molecule has 3 rings (SSSR count). The highest BCUT2D eigenvalue weighted by Gasteiger charge is 2.24. The highest BCUT2D eigenvalue weighted by molar-refractivity contribution is 9.10. The summed E-state index contributed by atoms with van der Waals surface area (Å²) < 4.78 is 27.8. The number of nitrogens with zero attached hydrogens (tertiary/aromatic N) is 2. The SMILES string of the molecule is Nc1ncc(Br)cc1S(=O)(=O)NCCC(=O)N1CCC(Cc2ccccc2)CC1. The molecule has 1 aliphatic heterocycles. The first-order valence-corrected chi connectivity index (χ1v) is 11.8. The van der Waals surface area contributed by atoms with Gasteiger partial charge < -0.3 is 10.6 Å². The molecular weight excluding hydrogens is 456 g/mol. The molecule has 0 bridgehead atoms. The number of hydrogen-bond donors (Lipinski definition) is 2.